The minimum Gasteiger partial charge on any atom is -0.308 e. The van der Waals surface area contributed by atoms with Crippen molar-refractivity contribution in [2.45, 2.75) is 33.0 Å². The second-order valence-corrected chi connectivity index (χ2v) is 5.03. The zero-order valence-electron chi connectivity index (χ0n) is 10.9. The van der Waals surface area contributed by atoms with E-state index in [2.05, 4.69) is 29.2 Å². The summed E-state index contributed by atoms with van der Waals surface area (Å²) in [6.07, 6.45) is 1.52. The molecular weight excluding hydrogens is 267 g/mol. The van der Waals surface area contributed by atoms with Crippen molar-refractivity contribution in [1.29, 1.82) is 0 Å². The van der Waals surface area contributed by atoms with E-state index in [4.69, 9.17) is 11.6 Å². The van der Waals surface area contributed by atoms with Crippen LogP contribution in [0.2, 0.25) is 5.02 Å². The minimum atomic E-state index is -0.411. The molecule has 1 N–H and O–H groups in total. The molecule has 2 aromatic rings. The van der Waals surface area contributed by atoms with Gasteiger partial charge in [0.2, 0.25) is 0 Å². The maximum atomic E-state index is 13.1. The average Bonchev–Trinajstić information content (AvgIpc) is 2.79. The van der Waals surface area contributed by atoms with Gasteiger partial charge < -0.3 is 5.32 Å². The highest BCUT2D eigenvalue weighted by Gasteiger charge is 2.07. The van der Waals surface area contributed by atoms with E-state index in [9.17, 15) is 4.39 Å². The van der Waals surface area contributed by atoms with Crippen LogP contribution in [0.15, 0.2) is 24.5 Å². The summed E-state index contributed by atoms with van der Waals surface area (Å²) in [4.78, 5) is 4.21. The lowest BCUT2D eigenvalue weighted by atomic mass is 10.2. The second-order valence-electron chi connectivity index (χ2n) is 4.62. The molecule has 6 heteroatoms. The normalized spacial score (nSPS) is 11.2. The van der Waals surface area contributed by atoms with E-state index in [1.165, 1.54) is 12.4 Å². The molecule has 1 heterocycles. The Labute approximate surface area is 116 Å². The molecule has 2 rings (SSSR count). The van der Waals surface area contributed by atoms with Crippen LogP contribution in [0, 0.1) is 5.82 Å². The van der Waals surface area contributed by atoms with Crippen molar-refractivity contribution in [3.05, 3.63) is 46.8 Å². The molecule has 4 nitrogen and oxygen atoms in total. The molecule has 0 bridgehead atoms. The molecule has 0 unspecified atom stereocenters. The van der Waals surface area contributed by atoms with Gasteiger partial charge in [0.05, 0.1) is 18.1 Å². The highest BCUT2D eigenvalue weighted by atomic mass is 35.5. The van der Waals surface area contributed by atoms with E-state index in [1.54, 1.807) is 16.8 Å². The molecule has 1 aromatic heterocycles. The molecule has 1 aromatic carbocycles. The van der Waals surface area contributed by atoms with E-state index in [1.807, 2.05) is 0 Å². The van der Waals surface area contributed by atoms with E-state index in [0.717, 1.165) is 11.4 Å². The largest absolute Gasteiger partial charge is 0.308 e. The molecule has 0 fully saturated rings. The number of hydrogen-bond acceptors (Lipinski definition) is 3. The van der Waals surface area contributed by atoms with Gasteiger partial charge in [-0.1, -0.05) is 31.5 Å². The van der Waals surface area contributed by atoms with Crippen LogP contribution in [-0.2, 0) is 13.1 Å². The summed E-state index contributed by atoms with van der Waals surface area (Å²) < 4.78 is 14.9. The Morgan fingerprint density at radius 2 is 2.21 bits per heavy atom. The number of nitrogens with zero attached hydrogens (tertiary/aromatic N) is 3. The third-order valence-electron chi connectivity index (χ3n) is 2.68. The first-order valence-electron chi connectivity index (χ1n) is 6.10. The van der Waals surface area contributed by atoms with Crippen LogP contribution in [0.3, 0.4) is 0 Å². The highest BCUT2D eigenvalue weighted by Crippen LogP contribution is 2.16. The van der Waals surface area contributed by atoms with Gasteiger partial charge in [0.15, 0.2) is 0 Å². The van der Waals surface area contributed by atoms with Gasteiger partial charge in [-0.25, -0.2) is 14.1 Å². The van der Waals surface area contributed by atoms with Crippen molar-refractivity contribution in [2.75, 3.05) is 0 Å². The first kappa shape index (κ1) is 14.0. The van der Waals surface area contributed by atoms with Gasteiger partial charge in [-0.15, -0.1) is 0 Å². The number of aromatic nitrogens is 3. The van der Waals surface area contributed by atoms with Crippen molar-refractivity contribution >= 4 is 11.6 Å². The quantitative estimate of drug-likeness (QED) is 0.917. The topological polar surface area (TPSA) is 42.7 Å². The molecule has 102 valence electrons. The number of benzene rings is 1. The summed E-state index contributed by atoms with van der Waals surface area (Å²) in [6, 6.07) is 5.05. The SMILES string of the molecule is CC(C)NCc1ncnn1Cc1ccc(F)c(Cl)c1. The predicted octanol–water partition coefficient (Wildman–Crippen LogP) is 2.62. The molecule has 0 radical (unpaired) electrons. The van der Waals surface area contributed by atoms with Crippen LogP contribution >= 0.6 is 11.6 Å². The van der Waals surface area contributed by atoms with E-state index in [0.29, 0.717) is 19.1 Å². The smallest absolute Gasteiger partial charge is 0.141 e. The maximum absolute atomic E-state index is 13.1. The number of rotatable bonds is 5. The lowest BCUT2D eigenvalue weighted by molar-refractivity contribution is 0.538. The Kier molecular flexibility index (Phi) is 4.50. The molecule has 0 saturated carbocycles. The summed E-state index contributed by atoms with van der Waals surface area (Å²) in [5.41, 5.74) is 0.891. The Bertz CT molecular complexity index is 553. The van der Waals surface area contributed by atoms with Crippen molar-refractivity contribution in [1.82, 2.24) is 20.1 Å². The standard InChI is InChI=1S/C13H16ClFN4/c1-9(2)16-6-13-17-8-18-19(13)7-10-3-4-12(15)11(14)5-10/h3-5,8-9,16H,6-7H2,1-2H3. The molecule has 19 heavy (non-hydrogen) atoms. The summed E-state index contributed by atoms with van der Waals surface area (Å²) in [5.74, 6) is 0.430. The third kappa shape index (κ3) is 3.75. The lowest BCUT2D eigenvalue weighted by Gasteiger charge is -2.09. The van der Waals surface area contributed by atoms with Gasteiger partial charge in [0.1, 0.15) is 18.0 Å². The Morgan fingerprint density at radius 3 is 2.89 bits per heavy atom. The first-order chi connectivity index (χ1) is 9.06. The van der Waals surface area contributed by atoms with Crippen molar-refractivity contribution in [2.24, 2.45) is 0 Å². The Balaban J connectivity index is 2.10. The van der Waals surface area contributed by atoms with E-state index < -0.39 is 5.82 Å². The maximum Gasteiger partial charge on any atom is 0.141 e. The van der Waals surface area contributed by atoms with Crippen LogP contribution in [0.4, 0.5) is 4.39 Å². The summed E-state index contributed by atoms with van der Waals surface area (Å²) in [6.45, 7) is 5.31. The fourth-order valence-electron chi connectivity index (χ4n) is 1.66. The van der Waals surface area contributed by atoms with Gasteiger partial charge in [-0.2, -0.15) is 5.10 Å². The highest BCUT2D eigenvalue weighted by molar-refractivity contribution is 6.30. The first-order valence-corrected chi connectivity index (χ1v) is 6.48. The summed E-state index contributed by atoms with van der Waals surface area (Å²) >= 11 is 5.76. The molecule has 0 saturated heterocycles. The molecule has 0 atom stereocenters. The molecular formula is C13H16ClFN4. The molecule has 0 spiro atoms. The Hall–Kier alpha value is -1.46. The van der Waals surface area contributed by atoms with Crippen LogP contribution in [-0.4, -0.2) is 20.8 Å². The van der Waals surface area contributed by atoms with Gasteiger partial charge >= 0.3 is 0 Å². The monoisotopic (exact) mass is 282 g/mol. The van der Waals surface area contributed by atoms with Crippen molar-refractivity contribution in [3.8, 4) is 0 Å². The number of nitrogens with one attached hydrogen (secondary N) is 1. The summed E-state index contributed by atoms with van der Waals surface area (Å²) in [7, 11) is 0. The number of hydrogen-bond donors (Lipinski definition) is 1. The molecule has 0 aliphatic carbocycles. The van der Waals surface area contributed by atoms with Crippen LogP contribution in [0.5, 0.6) is 0 Å². The molecule has 0 aliphatic rings. The van der Waals surface area contributed by atoms with E-state index >= 15 is 0 Å². The lowest BCUT2D eigenvalue weighted by Crippen LogP contribution is -2.24. The summed E-state index contributed by atoms with van der Waals surface area (Å²) in [5, 5.41) is 7.58. The molecule has 0 amide bonds. The van der Waals surface area contributed by atoms with Crippen LogP contribution in [0.1, 0.15) is 25.2 Å². The number of halogens is 2. The van der Waals surface area contributed by atoms with Crippen molar-refractivity contribution < 1.29 is 4.39 Å². The zero-order chi connectivity index (χ0) is 13.8. The second kappa shape index (κ2) is 6.12. The van der Waals surface area contributed by atoms with Gasteiger partial charge in [-0.3, -0.25) is 0 Å². The fourth-order valence-corrected chi connectivity index (χ4v) is 1.87. The average molecular weight is 283 g/mol. The van der Waals surface area contributed by atoms with Gasteiger partial charge in [0.25, 0.3) is 0 Å². The van der Waals surface area contributed by atoms with Gasteiger partial charge in [0, 0.05) is 6.04 Å². The van der Waals surface area contributed by atoms with Gasteiger partial charge in [-0.05, 0) is 17.7 Å². The minimum absolute atomic E-state index is 0.125. The van der Waals surface area contributed by atoms with Crippen LogP contribution < -0.4 is 5.32 Å². The fraction of sp³-hybridized carbons (Fsp3) is 0.385. The van der Waals surface area contributed by atoms with E-state index in [-0.39, 0.29) is 5.02 Å². The zero-order valence-corrected chi connectivity index (χ0v) is 11.7. The predicted molar refractivity (Wildman–Crippen MR) is 72.5 cm³/mol. The molecule has 0 aliphatic heterocycles. The van der Waals surface area contributed by atoms with Crippen molar-refractivity contribution in [3.63, 3.8) is 0 Å². The Morgan fingerprint density at radius 1 is 1.42 bits per heavy atom. The third-order valence-corrected chi connectivity index (χ3v) is 2.97. The van der Waals surface area contributed by atoms with Crippen LogP contribution in [0.25, 0.3) is 0 Å².